The molecule has 0 aromatic carbocycles. The van der Waals surface area contributed by atoms with E-state index in [-0.39, 0.29) is 0 Å². The van der Waals surface area contributed by atoms with Gasteiger partial charge in [-0.15, -0.1) is 0 Å². The van der Waals surface area contributed by atoms with E-state index in [2.05, 4.69) is 17.3 Å². The van der Waals surface area contributed by atoms with Crippen LogP contribution in [-0.2, 0) is 0 Å². The highest BCUT2D eigenvalue weighted by Crippen LogP contribution is 2.23. The molecule has 2 heteroatoms. The normalized spacial score (nSPS) is 36.6. The van der Waals surface area contributed by atoms with Crippen molar-refractivity contribution in [3.05, 3.63) is 0 Å². The zero-order chi connectivity index (χ0) is 9.80. The molecule has 2 fully saturated rings. The lowest BCUT2D eigenvalue weighted by Gasteiger charge is -2.35. The molecule has 2 unspecified atom stereocenters. The molecule has 2 rings (SSSR count). The maximum atomic E-state index is 3.75. The van der Waals surface area contributed by atoms with Crippen LogP contribution in [0, 0.1) is 5.92 Å². The van der Waals surface area contributed by atoms with E-state index in [0.29, 0.717) is 0 Å². The number of hydrogen-bond acceptors (Lipinski definition) is 2. The van der Waals surface area contributed by atoms with E-state index in [1.807, 2.05) is 0 Å². The summed E-state index contributed by atoms with van der Waals surface area (Å²) in [5.41, 5.74) is 0. The van der Waals surface area contributed by atoms with Crippen molar-refractivity contribution < 1.29 is 0 Å². The van der Waals surface area contributed by atoms with Crippen molar-refractivity contribution in [3.63, 3.8) is 0 Å². The maximum Gasteiger partial charge on any atom is 0.0107 e. The molecule has 2 atom stereocenters. The van der Waals surface area contributed by atoms with Gasteiger partial charge in [-0.3, -0.25) is 0 Å². The smallest absolute Gasteiger partial charge is 0.0107 e. The minimum atomic E-state index is 0.820. The second kappa shape index (κ2) is 5.13. The molecular formula is C12H24N2. The standard InChI is InChI=1S/C12H24N2/c1-14-9-5-6-11(10-14)12-7-3-2-4-8-13-12/h11-13H,2-10H2,1H3. The van der Waals surface area contributed by atoms with Gasteiger partial charge in [-0.1, -0.05) is 12.8 Å². The first-order chi connectivity index (χ1) is 6.86. The molecule has 0 amide bonds. The third kappa shape index (κ3) is 2.71. The Morgan fingerprint density at radius 2 is 2.00 bits per heavy atom. The zero-order valence-electron chi connectivity index (χ0n) is 9.47. The van der Waals surface area contributed by atoms with Crippen molar-refractivity contribution in [2.45, 2.75) is 44.6 Å². The van der Waals surface area contributed by atoms with Gasteiger partial charge in [-0.2, -0.15) is 0 Å². The van der Waals surface area contributed by atoms with Crippen LogP contribution in [0.25, 0.3) is 0 Å². The molecule has 2 aliphatic rings. The van der Waals surface area contributed by atoms with Gasteiger partial charge in [-0.25, -0.2) is 0 Å². The lowest BCUT2D eigenvalue weighted by molar-refractivity contribution is 0.171. The fraction of sp³-hybridized carbons (Fsp3) is 1.00. The van der Waals surface area contributed by atoms with E-state index in [9.17, 15) is 0 Å². The lowest BCUT2D eigenvalue weighted by Crippen LogP contribution is -2.44. The van der Waals surface area contributed by atoms with Crippen LogP contribution in [0.4, 0.5) is 0 Å². The summed E-state index contributed by atoms with van der Waals surface area (Å²) >= 11 is 0. The highest BCUT2D eigenvalue weighted by atomic mass is 15.1. The summed E-state index contributed by atoms with van der Waals surface area (Å²) in [5.74, 6) is 0.923. The minimum Gasteiger partial charge on any atom is -0.314 e. The fourth-order valence-electron chi connectivity index (χ4n) is 2.99. The molecule has 0 saturated carbocycles. The summed E-state index contributed by atoms with van der Waals surface area (Å²) in [5, 5.41) is 3.75. The second-order valence-corrected chi connectivity index (χ2v) is 5.07. The molecule has 2 heterocycles. The van der Waals surface area contributed by atoms with Crippen LogP contribution in [0.5, 0.6) is 0 Å². The van der Waals surface area contributed by atoms with Crippen molar-refractivity contribution in [1.29, 1.82) is 0 Å². The molecule has 0 aromatic heterocycles. The summed E-state index contributed by atoms with van der Waals surface area (Å²) in [6, 6.07) is 0.820. The van der Waals surface area contributed by atoms with Gasteiger partial charge in [0.25, 0.3) is 0 Å². The number of nitrogens with zero attached hydrogens (tertiary/aromatic N) is 1. The molecular weight excluding hydrogens is 172 g/mol. The molecule has 14 heavy (non-hydrogen) atoms. The Morgan fingerprint density at radius 1 is 1.07 bits per heavy atom. The Balaban J connectivity index is 1.85. The number of nitrogens with one attached hydrogen (secondary N) is 1. The quantitative estimate of drug-likeness (QED) is 0.688. The molecule has 0 aliphatic carbocycles. The predicted molar refractivity (Wildman–Crippen MR) is 60.5 cm³/mol. The highest BCUT2D eigenvalue weighted by Gasteiger charge is 2.25. The average Bonchev–Trinajstić information content (AvgIpc) is 2.45. The molecule has 0 spiro atoms. The van der Waals surface area contributed by atoms with Gasteiger partial charge >= 0.3 is 0 Å². The third-order valence-corrected chi connectivity index (χ3v) is 3.83. The molecule has 82 valence electrons. The highest BCUT2D eigenvalue weighted by molar-refractivity contribution is 4.83. The van der Waals surface area contributed by atoms with Gasteiger partial charge in [0, 0.05) is 12.6 Å². The monoisotopic (exact) mass is 196 g/mol. The first-order valence-corrected chi connectivity index (χ1v) is 6.28. The van der Waals surface area contributed by atoms with Gasteiger partial charge in [0.15, 0.2) is 0 Å². The summed E-state index contributed by atoms with van der Waals surface area (Å²) in [4.78, 5) is 2.50. The molecule has 0 radical (unpaired) electrons. The minimum absolute atomic E-state index is 0.820. The average molecular weight is 196 g/mol. The van der Waals surface area contributed by atoms with Crippen LogP contribution in [0.3, 0.4) is 0 Å². The zero-order valence-corrected chi connectivity index (χ0v) is 9.47. The Hall–Kier alpha value is -0.0800. The van der Waals surface area contributed by atoms with Gasteiger partial charge in [0.2, 0.25) is 0 Å². The lowest BCUT2D eigenvalue weighted by atomic mass is 9.88. The van der Waals surface area contributed by atoms with E-state index in [0.717, 1.165) is 12.0 Å². The topological polar surface area (TPSA) is 15.3 Å². The Morgan fingerprint density at radius 3 is 2.86 bits per heavy atom. The summed E-state index contributed by atoms with van der Waals surface area (Å²) in [6.07, 6.45) is 8.53. The Labute approximate surface area is 88.1 Å². The predicted octanol–water partition coefficient (Wildman–Crippen LogP) is 1.86. The Bertz CT molecular complexity index is 162. The summed E-state index contributed by atoms with van der Waals surface area (Å²) in [6.45, 7) is 3.88. The van der Waals surface area contributed by atoms with Crippen molar-refractivity contribution in [3.8, 4) is 0 Å². The van der Waals surface area contributed by atoms with Crippen LogP contribution in [0.2, 0.25) is 0 Å². The van der Waals surface area contributed by atoms with Crippen LogP contribution in [-0.4, -0.2) is 37.6 Å². The fourth-order valence-corrected chi connectivity index (χ4v) is 2.99. The van der Waals surface area contributed by atoms with Gasteiger partial charge in [0.1, 0.15) is 0 Å². The van der Waals surface area contributed by atoms with E-state index in [4.69, 9.17) is 0 Å². The van der Waals surface area contributed by atoms with Crippen LogP contribution >= 0.6 is 0 Å². The van der Waals surface area contributed by atoms with Crippen molar-refractivity contribution in [2.24, 2.45) is 5.92 Å². The maximum absolute atomic E-state index is 3.75. The number of likely N-dealkylation sites (tertiary alicyclic amines) is 1. The second-order valence-electron chi connectivity index (χ2n) is 5.07. The summed E-state index contributed by atoms with van der Waals surface area (Å²) in [7, 11) is 2.27. The Kier molecular flexibility index (Phi) is 3.82. The summed E-state index contributed by atoms with van der Waals surface area (Å²) < 4.78 is 0. The first kappa shape index (κ1) is 10.4. The molecule has 1 N–H and O–H groups in total. The third-order valence-electron chi connectivity index (χ3n) is 3.83. The number of rotatable bonds is 1. The molecule has 0 bridgehead atoms. The van der Waals surface area contributed by atoms with E-state index < -0.39 is 0 Å². The van der Waals surface area contributed by atoms with Crippen LogP contribution in [0.1, 0.15) is 38.5 Å². The van der Waals surface area contributed by atoms with Crippen LogP contribution in [0.15, 0.2) is 0 Å². The van der Waals surface area contributed by atoms with E-state index >= 15 is 0 Å². The van der Waals surface area contributed by atoms with Gasteiger partial charge in [-0.05, 0) is 51.7 Å². The van der Waals surface area contributed by atoms with E-state index in [1.165, 1.54) is 58.2 Å². The number of hydrogen-bond donors (Lipinski definition) is 1. The van der Waals surface area contributed by atoms with Gasteiger partial charge < -0.3 is 10.2 Å². The van der Waals surface area contributed by atoms with Crippen molar-refractivity contribution in [1.82, 2.24) is 10.2 Å². The molecule has 2 aliphatic heterocycles. The molecule has 2 nitrogen and oxygen atoms in total. The van der Waals surface area contributed by atoms with Gasteiger partial charge in [0.05, 0.1) is 0 Å². The van der Waals surface area contributed by atoms with Crippen LogP contribution < -0.4 is 5.32 Å². The molecule has 0 aromatic rings. The molecule has 2 saturated heterocycles. The first-order valence-electron chi connectivity index (χ1n) is 6.28. The number of piperidine rings is 1. The van der Waals surface area contributed by atoms with E-state index in [1.54, 1.807) is 0 Å². The van der Waals surface area contributed by atoms with Crippen molar-refractivity contribution in [2.75, 3.05) is 26.7 Å². The SMILES string of the molecule is CN1CCCC(C2CCCCCN2)C1. The van der Waals surface area contributed by atoms with Crippen molar-refractivity contribution >= 4 is 0 Å². The largest absolute Gasteiger partial charge is 0.314 e.